The van der Waals surface area contributed by atoms with Crippen molar-refractivity contribution in [3.63, 3.8) is 0 Å². The van der Waals surface area contributed by atoms with E-state index in [2.05, 4.69) is 0 Å². The summed E-state index contributed by atoms with van der Waals surface area (Å²) in [7, 11) is 0. The first-order valence-electron chi connectivity index (χ1n) is 9.57. The zero-order valence-corrected chi connectivity index (χ0v) is 16.5. The van der Waals surface area contributed by atoms with Crippen LogP contribution >= 0.6 is 0 Å². The Kier molecular flexibility index (Phi) is 10.3. The summed E-state index contributed by atoms with van der Waals surface area (Å²) in [5.41, 5.74) is 0. The molecule has 0 aromatic rings. The lowest BCUT2D eigenvalue weighted by Crippen LogP contribution is -2.24. The van der Waals surface area contributed by atoms with E-state index in [1.54, 1.807) is 0 Å². The van der Waals surface area contributed by atoms with Gasteiger partial charge >= 0.3 is 11.9 Å². The van der Waals surface area contributed by atoms with Crippen LogP contribution in [0.3, 0.4) is 0 Å². The molecule has 1 heterocycles. The molecule has 0 aliphatic carbocycles. The van der Waals surface area contributed by atoms with Crippen molar-refractivity contribution in [1.82, 2.24) is 0 Å². The van der Waals surface area contributed by atoms with Crippen LogP contribution in [-0.4, -0.2) is 47.3 Å². The van der Waals surface area contributed by atoms with Gasteiger partial charge in [-0.1, -0.05) is 0 Å². The molecule has 0 spiro atoms. The van der Waals surface area contributed by atoms with Gasteiger partial charge in [0.2, 0.25) is 0 Å². The molecule has 156 valence electrons. The molecule has 1 aliphatic heterocycles. The average Bonchev–Trinajstić information content (AvgIpc) is 2.59. The minimum atomic E-state index is -0.719. The van der Waals surface area contributed by atoms with E-state index in [0.29, 0.717) is 0 Å². The van der Waals surface area contributed by atoms with E-state index < -0.39 is 24.1 Å². The Morgan fingerprint density at radius 3 is 1.36 bits per heavy atom. The first-order valence-corrected chi connectivity index (χ1v) is 9.57. The summed E-state index contributed by atoms with van der Waals surface area (Å²) in [5.74, 6) is -1.93. The zero-order chi connectivity index (χ0) is 21.1. The van der Waals surface area contributed by atoms with Gasteiger partial charge in [-0.15, -0.1) is 0 Å². The van der Waals surface area contributed by atoms with Gasteiger partial charge in [-0.25, -0.2) is 0 Å². The second kappa shape index (κ2) is 12.2. The second-order valence-electron chi connectivity index (χ2n) is 7.19. The second-order valence-corrected chi connectivity index (χ2v) is 7.19. The molecule has 1 rings (SSSR count). The number of hydrogen-bond acceptors (Lipinski definition) is 8. The first-order chi connectivity index (χ1) is 13.2. The number of rotatable bonds is 4. The van der Waals surface area contributed by atoms with Crippen LogP contribution in [0.1, 0.15) is 78.1 Å². The molecule has 0 N–H and O–H groups in total. The van der Waals surface area contributed by atoms with Crippen LogP contribution in [0.5, 0.6) is 0 Å². The number of ketones is 4. The summed E-state index contributed by atoms with van der Waals surface area (Å²) < 4.78 is 10.5. The molecule has 8 nitrogen and oxygen atoms in total. The number of Topliss-reactive ketones (excluding diaryl/α,β-unsaturated/α-hetero) is 4. The molecule has 0 bridgehead atoms. The van der Waals surface area contributed by atoms with E-state index in [-0.39, 0.29) is 87.3 Å². The van der Waals surface area contributed by atoms with Gasteiger partial charge in [-0.3, -0.25) is 28.8 Å². The Morgan fingerprint density at radius 2 is 1.04 bits per heavy atom. The molecule has 1 saturated heterocycles. The van der Waals surface area contributed by atoms with Gasteiger partial charge in [-0.05, 0) is 26.7 Å². The highest BCUT2D eigenvalue weighted by atomic mass is 16.5. The minimum Gasteiger partial charge on any atom is -0.462 e. The van der Waals surface area contributed by atoms with E-state index in [1.807, 2.05) is 0 Å². The van der Waals surface area contributed by atoms with Gasteiger partial charge in [0.15, 0.2) is 0 Å². The molecule has 0 aromatic carbocycles. The summed E-state index contributed by atoms with van der Waals surface area (Å²) in [5, 5.41) is 0. The lowest BCUT2D eigenvalue weighted by molar-refractivity contribution is -0.152. The molecule has 1 aliphatic rings. The Morgan fingerprint density at radius 1 is 0.679 bits per heavy atom. The van der Waals surface area contributed by atoms with Gasteiger partial charge in [0.25, 0.3) is 0 Å². The van der Waals surface area contributed by atoms with E-state index in [1.165, 1.54) is 13.8 Å². The van der Waals surface area contributed by atoms with Crippen molar-refractivity contribution in [2.75, 3.05) is 0 Å². The van der Waals surface area contributed by atoms with Gasteiger partial charge in [0.1, 0.15) is 35.3 Å². The van der Waals surface area contributed by atoms with Crippen LogP contribution in [0.15, 0.2) is 0 Å². The summed E-state index contributed by atoms with van der Waals surface area (Å²) >= 11 is 0. The molecular formula is C20H28O8. The summed E-state index contributed by atoms with van der Waals surface area (Å²) in [6, 6.07) is 0. The van der Waals surface area contributed by atoms with Gasteiger partial charge < -0.3 is 9.47 Å². The van der Waals surface area contributed by atoms with Gasteiger partial charge in [0.05, 0.1) is 12.8 Å². The molecule has 8 heteroatoms. The maximum Gasteiger partial charge on any atom is 0.306 e. The molecule has 0 aromatic heterocycles. The molecular weight excluding hydrogens is 368 g/mol. The molecule has 0 amide bonds. The normalized spacial score (nSPS) is 23.6. The molecule has 28 heavy (non-hydrogen) atoms. The van der Waals surface area contributed by atoms with Crippen LogP contribution in [0.4, 0.5) is 0 Å². The summed E-state index contributed by atoms with van der Waals surface area (Å²) in [6.07, 6.45) is -1.27. The SMILES string of the molecule is CC(=O)C[C@@H]1CCC(=O)CCC(=O)O[C@H](CC(C)=O)CCC(=O)CCC(=O)O1. The number of ether oxygens (including phenoxy) is 2. The lowest BCUT2D eigenvalue weighted by atomic mass is 10.0. The largest absolute Gasteiger partial charge is 0.462 e. The fraction of sp³-hybridized carbons (Fsp3) is 0.700. The number of carbonyl (C=O) groups is 6. The van der Waals surface area contributed by atoms with Crippen LogP contribution in [0.2, 0.25) is 0 Å². The van der Waals surface area contributed by atoms with E-state index in [0.717, 1.165) is 0 Å². The minimum absolute atomic E-state index is 0.00172. The monoisotopic (exact) mass is 396 g/mol. The maximum absolute atomic E-state index is 12.0. The van der Waals surface area contributed by atoms with E-state index in [9.17, 15) is 28.8 Å². The van der Waals surface area contributed by atoms with Crippen molar-refractivity contribution in [3.8, 4) is 0 Å². The molecule has 2 atom stereocenters. The van der Waals surface area contributed by atoms with Gasteiger partial charge in [-0.2, -0.15) is 0 Å². The highest BCUT2D eigenvalue weighted by Crippen LogP contribution is 2.16. The Balaban J connectivity index is 2.80. The predicted molar refractivity (Wildman–Crippen MR) is 97.3 cm³/mol. The predicted octanol–water partition coefficient (Wildman–Crippen LogP) is 2.04. The van der Waals surface area contributed by atoms with Crippen LogP contribution in [-0.2, 0) is 38.2 Å². The van der Waals surface area contributed by atoms with Crippen LogP contribution in [0, 0.1) is 0 Å². The van der Waals surface area contributed by atoms with Crippen molar-refractivity contribution >= 4 is 35.1 Å². The van der Waals surface area contributed by atoms with Gasteiger partial charge in [0, 0.05) is 38.5 Å². The average molecular weight is 396 g/mol. The quantitative estimate of drug-likeness (QED) is 0.662. The summed E-state index contributed by atoms with van der Waals surface area (Å²) in [6.45, 7) is 2.73. The molecule has 0 unspecified atom stereocenters. The molecule has 0 saturated carbocycles. The maximum atomic E-state index is 12.0. The zero-order valence-electron chi connectivity index (χ0n) is 16.5. The third-order valence-corrected chi connectivity index (χ3v) is 4.33. The standard InChI is InChI=1S/C20H28O8/c1-13(21)11-17-7-3-15(23)6-10-20(26)28-18(12-14(2)22)8-4-16(24)5-9-19(25)27-17/h17-18H,3-12H2,1-2H3/t17-,18-/m0/s1. The van der Waals surface area contributed by atoms with Crippen LogP contribution < -0.4 is 0 Å². The lowest BCUT2D eigenvalue weighted by Gasteiger charge is -2.18. The van der Waals surface area contributed by atoms with Crippen molar-refractivity contribution < 1.29 is 38.2 Å². The summed E-state index contributed by atoms with van der Waals surface area (Å²) in [4.78, 5) is 70.6. The molecule has 1 fully saturated rings. The molecule has 0 radical (unpaired) electrons. The van der Waals surface area contributed by atoms with E-state index >= 15 is 0 Å². The number of carbonyl (C=O) groups excluding carboxylic acids is 6. The highest BCUT2D eigenvalue weighted by Gasteiger charge is 2.22. The van der Waals surface area contributed by atoms with Crippen molar-refractivity contribution in [1.29, 1.82) is 0 Å². The van der Waals surface area contributed by atoms with Crippen molar-refractivity contribution in [2.45, 2.75) is 90.3 Å². The first kappa shape index (κ1) is 23.7. The Labute approximate surface area is 164 Å². The van der Waals surface area contributed by atoms with Crippen molar-refractivity contribution in [3.05, 3.63) is 0 Å². The van der Waals surface area contributed by atoms with E-state index in [4.69, 9.17) is 9.47 Å². The third-order valence-electron chi connectivity index (χ3n) is 4.33. The topological polar surface area (TPSA) is 121 Å². The number of cyclic esters (lactones) is 2. The van der Waals surface area contributed by atoms with Crippen LogP contribution in [0.25, 0.3) is 0 Å². The number of hydrogen-bond donors (Lipinski definition) is 0. The number of esters is 2. The highest BCUT2D eigenvalue weighted by molar-refractivity contribution is 5.85. The fourth-order valence-corrected chi connectivity index (χ4v) is 2.91. The van der Waals surface area contributed by atoms with Crippen molar-refractivity contribution in [2.24, 2.45) is 0 Å². The Hall–Kier alpha value is -2.38. The fourth-order valence-electron chi connectivity index (χ4n) is 2.91. The Bertz CT molecular complexity index is 568. The third kappa shape index (κ3) is 10.7. The smallest absolute Gasteiger partial charge is 0.306 e.